The number of benzene rings is 1. The average molecular weight is 224 g/mol. The zero-order valence-electron chi connectivity index (χ0n) is 8.60. The Hall–Kier alpha value is -2.24. The molecule has 0 aliphatic rings. The second-order valence-corrected chi connectivity index (χ2v) is 2.95. The number of carbonyl (C=O) groups is 1. The first kappa shape index (κ1) is 10.3. The van der Waals surface area contributed by atoms with Gasteiger partial charge in [0.15, 0.2) is 11.3 Å². The smallest absolute Gasteiger partial charge is 0.493 e. The summed E-state index contributed by atoms with van der Waals surface area (Å²) in [5, 5.41) is 0. The Morgan fingerprint density at radius 2 is 2.00 bits per heavy atom. The van der Waals surface area contributed by atoms with Crippen LogP contribution in [0.5, 0.6) is 5.75 Å². The van der Waals surface area contributed by atoms with Crippen LogP contribution in [0, 0.1) is 0 Å². The normalized spacial score (nSPS) is 10.4. The van der Waals surface area contributed by atoms with Crippen LogP contribution in [0.1, 0.15) is 10.4 Å². The molecule has 2 rings (SSSR count). The van der Waals surface area contributed by atoms with E-state index in [1.165, 1.54) is 26.4 Å². The Bertz CT molecular complexity index is 591. The molecule has 0 fully saturated rings. The Balaban J connectivity index is 2.72. The summed E-state index contributed by atoms with van der Waals surface area (Å²) in [6, 6.07) is 2.77. The van der Waals surface area contributed by atoms with Gasteiger partial charge in [0.25, 0.3) is 0 Å². The molecule has 0 saturated carbocycles. The van der Waals surface area contributed by atoms with E-state index in [-0.39, 0.29) is 22.5 Å². The number of ether oxygens (including phenoxy) is 2. The van der Waals surface area contributed by atoms with Crippen LogP contribution in [-0.4, -0.2) is 20.2 Å². The predicted molar refractivity (Wildman–Crippen MR) is 52.6 cm³/mol. The molecule has 0 saturated heterocycles. The lowest BCUT2D eigenvalue weighted by atomic mass is 10.2. The molecule has 1 heterocycles. The van der Waals surface area contributed by atoms with Crippen LogP contribution >= 0.6 is 0 Å². The number of hydrogen-bond acceptors (Lipinski definition) is 6. The largest absolute Gasteiger partial charge is 0.519 e. The average Bonchev–Trinajstić information content (AvgIpc) is 2.66. The molecule has 2 aromatic rings. The molecule has 16 heavy (non-hydrogen) atoms. The van der Waals surface area contributed by atoms with Gasteiger partial charge in [0.1, 0.15) is 0 Å². The van der Waals surface area contributed by atoms with Crippen LogP contribution in [0.4, 0.5) is 0 Å². The van der Waals surface area contributed by atoms with Gasteiger partial charge in [-0.05, 0) is 12.1 Å². The molecule has 0 aliphatic carbocycles. The van der Waals surface area contributed by atoms with Crippen molar-refractivity contribution in [3.8, 4) is 5.75 Å². The van der Waals surface area contributed by atoms with E-state index < -0.39 is 11.8 Å². The molecule has 1 aromatic heterocycles. The number of hydrogen-bond donors (Lipinski definition) is 0. The molecule has 1 aromatic carbocycles. The van der Waals surface area contributed by atoms with Gasteiger partial charge in [-0.2, -0.15) is 0 Å². The summed E-state index contributed by atoms with van der Waals surface area (Å²) in [6.45, 7) is 0. The minimum absolute atomic E-state index is 0.143. The molecule has 0 aliphatic heterocycles. The van der Waals surface area contributed by atoms with E-state index in [1.54, 1.807) is 0 Å². The van der Waals surface area contributed by atoms with Crippen molar-refractivity contribution in [1.82, 2.24) is 0 Å². The Labute approximate surface area is 89.4 Å². The first-order valence-electron chi connectivity index (χ1n) is 4.35. The second-order valence-electron chi connectivity index (χ2n) is 2.95. The standard InChI is InChI=1S/C10H8O6/c1-13-6-3-5(9(11)14-2)4-7-8(6)16-10(12)15-7/h3-4H,1-2H3. The Morgan fingerprint density at radius 1 is 1.25 bits per heavy atom. The molecule has 6 nitrogen and oxygen atoms in total. The highest BCUT2D eigenvalue weighted by atomic mass is 16.6. The lowest BCUT2D eigenvalue weighted by Crippen LogP contribution is -2.01. The molecule has 0 bridgehead atoms. The maximum absolute atomic E-state index is 11.3. The van der Waals surface area contributed by atoms with Gasteiger partial charge in [-0.25, -0.2) is 9.59 Å². The lowest BCUT2D eigenvalue weighted by Gasteiger charge is -2.02. The molecular formula is C10H8O6. The van der Waals surface area contributed by atoms with Gasteiger partial charge in [-0.15, -0.1) is 0 Å². The van der Waals surface area contributed by atoms with Crippen LogP contribution < -0.4 is 10.6 Å². The molecule has 0 atom stereocenters. The lowest BCUT2D eigenvalue weighted by molar-refractivity contribution is 0.0600. The van der Waals surface area contributed by atoms with Gasteiger partial charge in [0.2, 0.25) is 5.58 Å². The highest BCUT2D eigenvalue weighted by Crippen LogP contribution is 2.26. The maximum Gasteiger partial charge on any atom is 0.519 e. The van der Waals surface area contributed by atoms with Crippen LogP contribution in [0.2, 0.25) is 0 Å². The van der Waals surface area contributed by atoms with Crippen molar-refractivity contribution in [2.24, 2.45) is 0 Å². The molecular weight excluding hydrogens is 216 g/mol. The Kier molecular flexibility index (Phi) is 2.40. The van der Waals surface area contributed by atoms with Crippen molar-refractivity contribution in [2.75, 3.05) is 14.2 Å². The van der Waals surface area contributed by atoms with E-state index >= 15 is 0 Å². The first-order valence-corrected chi connectivity index (χ1v) is 4.35. The Morgan fingerprint density at radius 3 is 2.62 bits per heavy atom. The number of carbonyl (C=O) groups excluding carboxylic acids is 1. The van der Waals surface area contributed by atoms with Crippen molar-refractivity contribution < 1.29 is 23.1 Å². The molecule has 0 N–H and O–H groups in total. The van der Waals surface area contributed by atoms with E-state index in [0.717, 1.165) is 0 Å². The maximum atomic E-state index is 11.3. The quantitative estimate of drug-likeness (QED) is 0.712. The van der Waals surface area contributed by atoms with E-state index in [9.17, 15) is 9.59 Å². The first-order chi connectivity index (χ1) is 7.65. The summed E-state index contributed by atoms with van der Waals surface area (Å²) in [4.78, 5) is 22.2. The summed E-state index contributed by atoms with van der Waals surface area (Å²) in [5.41, 5.74) is 0.529. The van der Waals surface area contributed by atoms with Crippen molar-refractivity contribution in [3.05, 3.63) is 28.3 Å². The monoisotopic (exact) mass is 224 g/mol. The second kappa shape index (κ2) is 3.73. The minimum atomic E-state index is -0.852. The fourth-order valence-corrected chi connectivity index (χ4v) is 1.33. The third kappa shape index (κ3) is 1.54. The highest BCUT2D eigenvalue weighted by Gasteiger charge is 2.16. The van der Waals surface area contributed by atoms with Gasteiger partial charge in [-0.1, -0.05) is 0 Å². The molecule has 6 heteroatoms. The summed E-state index contributed by atoms with van der Waals surface area (Å²) in [5.74, 6) is -1.16. The van der Waals surface area contributed by atoms with E-state index in [2.05, 4.69) is 4.74 Å². The van der Waals surface area contributed by atoms with Crippen LogP contribution in [0.3, 0.4) is 0 Å². The van der Waals surface area contributed by atoms with Crippen LogP contribution in [0.25, 0.3) is 11.2 Å². The van der Waals surface area contributed by atoms with Crippen molar-refractivity contribution in [1.29, 1.82) is 0 Å². The fourth-order valence-electron chi connectivity index (χ4n) is 1.33. The topological polar surface area (TPSA) is 78.9 Å². The predicted octanol–water partition coefficient (Wildman–Crippen LogP) is 1.18. The van der Waals surface area contributed by atoms with Crippen molar-refractivity contribution in [3.63, 3.8) is 0 Å². The number of methoxy groups -OCH3 is 2. The molecule has 0 unspecified atom stereocenters. The molecule has 0 amide bonds. The van der Waals surface area contributed by atoms with Gasteiger partial charge in [-0.3, -0.25) is 0 Å². The van der Waals surface area contributed by atoms with Crippen LogP contribution in [0.15, 0.2) is 25.8 Å². The third-order valence-electron chi connectivity index (χ3n) is 2.04. The van der Waals surface area contributed by atoms with Gasteiger partial charge in [0, 0.05) is 0 Å². The highest BCUT2D eigenvalue weighted by molar-refractivity contribution is 5.94. The van der Waals surface area contributed by atoms with Gasteiger partial charge >= 0.3 is 11.8 Å². The SMILES string of the molecule is COC(=O)c1cc(OC)c2oc(=O)oc2c1. The van der Waals surface area contributed by atoms with Crippen LogP contribution in [-0.2, 0) is 4.74 Å². The summed E-state index contributed by atoms with van der Waals surface area (Å²) in [6.07, 6.45) is 0. The minimum Gasteiger partial charge on any atom is -0.493 e. The summed E-state index contributed by atoms with van der Waals surface area (Å²) in [7, 11) is 2.65. The zero-order valence-corrected chi connectivity index (χ0v) is 8.60. The molecule has 0 spiro atoms. The summed E-state index contributed by atoms with van der Waals surface area (Å²) >= 11 is 0. The van der Waals surface area contributed by atoms with Gasteiger partial charge < -0.3 is 18.3 Å². The van der Waals surface area contributed by atoms with Crippen molar-refractivity contribution >= 4 is 17.1 Å². The number of rotatable bonds is 2. The number of fused-ring (bicyclic) bond motifs is 1. The fraction of sp³-hybridized carbons (Fsp3) is 0.200. The van der Waals surface area contributed by atoms with Gasteiger partial charge in [0.05, 0.1) is 19.8 Å². The summed E-state index contributed by atoms with van der Waals surface area (Å²) < 4.78 is 19.0. The van der Waals surface area contributed by atoms with E-state index in [0.29, 0.717) is 0 Å². The van der Waals surface area contributed by atoms with E-state index in [4.69, 9.17) is 13.6 Å². The third-order valence-corrected chi connectivity index (χ3v) is 2.04. The molecule has 0 radical (unpaired) electrons. The van der Waals surface area contributed by atoms with E-state index in [1.807, 2.05) is 0 Å². The zero-order chi connectivity index (χ0) is 11.7. The molecule has 84 valence electrons. The van der Waals surface area contributed by atoms with Crippen molar-refractivity contribution in [2.45, 2.75) is 0 Å². The number of esters is 1.